The lowest BCUT2D eigenvalue weighted by Crippen LogP contribution is -2.35. The van der Waals surface area contributed by atoms with E-state index in [0.29, 0.717) is 47.4 Å². The van der Waals surface area contributed by atoms with Gasteiger partial charge in [0.1, 0.15) is 24.3 Å². The molecule has 2 fully saturated rings. The van der Waals surface area contributed by atoms with Gasteiger partial charge in [0.25, 0.3) is 6.43 Å². The predicted octanol–water partition coefficient (Wildman–Crippen LogP) is 4.78. The molecule has 1 saturated carbocycles. The molecular weight excluding hydrogens is 582 g/mol. The minimum absolute atomic E-state index is 0.130. The number of hydrogen-bond acceptors (Lipinski definition) is 11. The van der Waals surface area contributed by atoms with Gasteiger partial charge in [0.2, 0.25) is 5.88 Å². The predicted molar refractivity (Wildman–Crippen MR) is 165 cm³/mol. The summed E-state index contributed by atoms with van der Waals surface area (Å²) in [6.07, 6.45) is 8.86. The Hall–Kier alpha value is -4.30. The molecule has 2 aliphatic rings. The average Bonchev–Trinajstić information content (AvgIpc) is 3.48. The second-order valence-corrected chi connectivity index (χ2v) is 12.1. The third kappa shape index (κ3) is 8.05. The fourth-order valence-electron chi connectivity index (χ4n) is 5.67. The molecule has 0 aromatic carbocycles. The fourth-order valence-corrected chi connectivity index (χ4v) is 5.67. The summed E-state index contributed by atoms with van der Waals surface area (Å²) in [6.45, 7) is 3.38. The van der Waals surface area contributed by atoms with E-state index in [1.54, 1.807) is 18.5 Å². The summed E-state index contributed by atoms with van der Waals surface area (Å²) in [6, 6.07) is 7.50. The van der Waals surface area contributed by atoms with Gasteiger partial charge in [-0.1, -0.05) is 0 Å². The summed E-state index contributed by atoms with van der Waals surface area (Å²) in [5.74, 6) is 1.87. The second kappa shape index (κ2) is 13.4. The first-order valence-electron chi connectivity index (χ1n) is 15.3. The summed E-state index contributed by atoms with van der Waals surface area (Å²) >= 11 is 0. The van der Waals surface area contributed by atoms with Crippen molar-refractivity contribution >= 4 is 17.3 Å². The highest BCUT2D eigenvalue weighted by molar-refractivity contribution is 5.78. The number of nitrogens with one attached hydrogen (secondary N) is 2. The number of piperidine rings is 1. The Balaban J connectivity index is 1.22. The van der Waals surface area contributed by atoms with Gasteiger partial charge >= 0.3 is 0 Å². The van der Waals surface area contributed by atoms with Gasteiger partial charge < -0.3 is 25.4 Å². The van der Waals surface area contributed by atoms with Gasteiger partial charge in [0.05, 0.1) is 23.1 Å². The highest BCUT2D eigenvalue weighted by Gasteiger charge is 2.29. The number of ether oxygens (including phenoxy) is 1. The van der Waals surface area contributed by atoms with Crippen molar-refractivity contribution in [3.05, 3.63) is 49.1 Å². The standard InChI is InChI=1S/C31H38F2N10O2/c1-31(44)10-5-21(6-11-31)37-25-15-28(38-27-7-12-34-30(39-27)20-16-36-43(18-20)19-26(32)33)35-17-23(25)24-3-4-29(41-40-24)45-22-8-13-42(2)14-9-22/h3-4,7,12,15-18,21-22,26,44H,5-6,8-11,13-14,19H2,1-2H3,(H2,34,35,37,38,39). The average molecular weight is 621 g/mol. The van der Waals surface area contributed by atoms with Crippen molar-refractivity contribution in [1.29, 1.82) is 0 Å². The zero-order valence-corrected chi connectivity index (χ0v) is 25.4. The third-order valence-corrected chi connectivity index (χ3v) is 8.32. The molecule has 238 valence electrons. The smallest absolute Gasteiger partial charge is 0.257 e. The van der Waals surface area contributed by atoms with Crippen LogP contribution in [0, 0.1) is 0 Å². The maximum Gasteiger partial charge on any atom is 0.257 e. The first kappa shape index (κ1) is 30.7. The van der Waals surface area contributed by atoms with E-state index < -0.39 is 18.6 Å². The molecule has 0 radical (unpaired) electrons. The number of anilines is 3. The lowest BCUT2D eigenvalue weighted by atomic mass is 9.83. The van der Waals surface area contributed by atoms with Crippen LogP contribution in [0.1, 0.15) is 45.4 Å². The molecule has 3 N–H and O–H groups in total. The molecule has 6 rings (SSSR count). The van der Waals surface area contributed by atoms with Crippen molar-refractivity contribution in [1.82, 2.24) is 39.8 Å². The van der Waals surface area contributed by atoms with Gasteiger partial charge in [-0.2, -0.15) is 5.10 Å². The van der Waals surface area contributed by atoms with E-state index in [9.17, 15) is 13.9 Å². The largest absolute Gasteiger partial charge is 0.473 e. The van der Waals surface area contributed by atoms with E-state index in [2.05, 4.69) is 52.8 Å². The van der Waals surface area contributed by atoms with Crippen LogP contribution in [-0.4, -0.2) is 89.2 Å². The topological polar surface area (TPSA) is 139 Å². The Morgan fingerprint density at radius 3 is 2.58 bits per heavy atom. The van der Waals surface area contributed by atoms with Crippen LogP contribution < -0.4 is 15.4 Å². The SMILES string of the molecule is CN1CCC(Oc2ccc(-c3cnc(Nc4ccnc(-c5cnn(CC(F)F)c5)n4)cc3NC3CCC(C)(O)CC3)nn2)CC1. The van der Waals surface area contributed by atoms with Gasteiger partial charge in [-0.15, -0.1) is 10.2 Å². The van der Waals surface area contributed by atoms with Crippen LogP contribution >= 0.6 is 0 Å². The monoisotopic (exact) mass is 620 g/mol. The van der Waals surface area contributed by atoms with E-state index in [1.807, 2.05) is 25.1 Å². The van der Waals surface area contributed by atoms with Crippen molar-refractivity contribution in [2.75, 3.05) is 30.8 Å². The second-order valence-electron chi connectivity index (χ2n) is 12.1. The molecule has 5 heterocycles. The number of nitrogens with zero attached hydrogens (tertiary/aromatic N) is 8. The molecule has 1 saturated heterocycles. The Morgan fingerprint density at radius 2 is 1.84 bits per heavy atom. The first-order valence-corrected chi connectivity index (χ1v) is 15.3. The zero-order valence-electron chi connectivity index (χ0n) is 25.4. The number of halogens is 2. The highest BCUT2D eigenvalue weighted by Crippen LogP contribution is 2.34. The fraction of sp³-hybridized carbons (Fsp3) is 0.484. The number of aromatic nitrogens is 7. The Morgan fingerprint density at radius 1 is 1.04 bits per heavy atom. The molecule has 0 atom stereocenters. The van der Waals surface area contributed by atoms with Gasteiger partial charge in [0, 0.05) is 61.1 Å². The molecule has 0 spiro atoms. The van der Waals surface area contributed by atoms with E-state index in [4.69, 9.17) is 4.74 Å². The molecule has 45 heavy (non-hydrogen) atoms. The van der Waals surface area contributed by atoms with Crippen LogP contribution in [0.4, 0.5) is 26.1 Å². The molecule has 1 aliphatic heterocycles. The van der Waals surface area contributed by atoms with E-state index >= 15 is 0 Å². The highest BCUT2D eigenvalue weighted by atomic mass is 19.3. The number of rotatable bonds is 10. The molecule has 4 aromatic rings. The first-order chi connectivity index (χ1) is 21.7. The Kier molecular flexibility index (Phi) is 9.12. The maximum atomic E-state index is 12.8. The van der Waals surface area contributed by atoms with E-state index in [-0.39, 0.29) is 12.1 Å². The van der Waals surface area contributed by atoms with Crippen molar-refractivity contribution in [3.63, 3.8) is 0 Å². The van der Waals surface area contributed by atoms with Crippen LogP contribution in [0.15, 0.2) is 49.1 Å². The summed E-state index contributed by atoms with van der Waals surface area (Å²) in [5, 5.41) is 30.2. The number of pyridine rings is 1. The molecule has 1 aliphatic carbocycles. The van der Waals surface area contributed by atoms with Crippen LogP contribution in [0.25, 0.3) is 22.6 Å². The van der Waals surface area contributed by atoms with Crippen LogP contribution in [-0.2, 0) is 6.54 Å². The Labute approximate surface area is 260 Å². The van der Waals surface area contributed by atoms with Gasteiger partial charge in [-0.3, -0.25) is 4.68 Å². The molecule has 0 bridgehead atoms. The normalized spacial score (nSPS) is 21.2. The third-order valence-electron chi connectivity index (χ3n) is 8.32. The van der Waals surface area contributed by atoms with Crippen molar-refractivity contribution in [3.8, 4) is 28.5 Å². The Bertz CT molecular complexity index is 1560. The number of alkyl halides is 2. The molecule has 12 nitrogen and oxygen atoms in total. The van der Waals surface area contributed by atoms with Crippen LogP contribution in [0.3, 0.4) is 0 Å². The zero-order chi connectivity index (χ0) is 31.4. The minimum atomic E-state index is -2.51. The summed E-state index contributed by atoms with van der Waals surface area (Å²) in [7, 11) is 2.11. The quantitative estimate of drug-likeness (QED) is 0.226. The van der Waals surface area contributed by atoms with Gasteiger partial charge in [-0.05, 0) is 64.6 Å². The molecule has 0 unspecified atom stereocenters. The molecule has 4 aromatic heterocycles. The molecule has 0 amide bonds. The van der Waals surface area contributed by atoms with Gasteiger partial charge in [0.15, 0.2) is 5.82 Å². The lowest BCUT2D eigenvalue weighted by Gasteiger charge is -2.34. The van der Waals surface area contributed by atoms with E-state index in [0.717, 1.165) is 50.0 Å². The van der Waals surface area contributed by atoms with Crippen molar-refractivity contribution < 1.29 is 18.6 Å². The summed E-state index contributed by atoms with van der Waals surface area (Å²) in [4.78, 5) is 15.7. The number of likely N-dealkylation sites (tertiary alicyclic amines) is 1. The molecule has 14 heteroatoms. The van der Waals surface area contributed by atoms with Crippen LogP contribution in [0.5, 0.6) is 5.88 Å². The van der Waals surface area contributed by atoms with Crippen LogP contribution in [0.2, 0.25) is 0 Å². The minimum Gasteiger partial charge on any atom is -0.473 e. The maximum absolute atomic E-state index is 12.8. The lowest BCUT2D eigenvalue weighted by molar-refractivity contribution is 0.0196. The summed E-state index contributed by atoms with van der Waals surface area (Å²) in [5.41, 5.74) is 2.13. The number of aliphatic hydroxyl groups is 1. The van der Waals surface area contributed by atoms with E-state index in [1.165, 1.54) is 17.1 Å². The molecular formula is C31H38F2N10O2. The summed E-state index contributed by atoms with van der Waals surface area (Å²) < 4.78 is 32.8. The number of hydrogen-bond donors (Lipinski definition) is 3. The van der Waals surface area contributed by atoms with Crippen molar-refractivity contribution in [2.24, 2.45) is 0 Å². The van der Waals surface area contributed by atoms with Crippen molar-refractivity contribution in [2.45, 2.75) is 76.2 Å². The van der Waals surface area contributed by atoms with Gasteiger partial charge in [-0.25, -0.2) is 23.7 Å².